The lowest BCUT2D eigenvalue weighted by atomic mass is 9.98. The Bertz CT molecular complexity index is 1270. The van der Waals surface area contributed by atoms with Crippen molar-refractivity contribution in [1.29, 1.82) is 0 Å². The van der Waals surface area contributed by atoms with Crippen LogP contribution in [-0.2, 0) is 13.0 Å². The largest absolute Gasteiger partial charge is 0.493 e. The molecule has 2 aromatic heterocycles. The van der Waals surface area contributed by atoms with Crippen LogP contribution in [0.1, 0.15) is 11.1 Å². The Morgan fingerprint density at radius 3 is 2.42 bits per heavy atom. The number of methoxy groups -OCH3 is 2. The van der Waals surface area contributed by atoms with E-state index in [0.717, 1.165) is 58.9 Å². The van der Waals surface area contributed by atoms with Crippen LogP contribution in [0.5, 0.6) is 11.5 Å². The van der Waals surface area contributed by atoms with E-state index >= 15 is 0 Å². The molecule has 2 N–H and O–H groups in total. The standard InChI is InChI=1S/C24H23N5O2/c1-30-21-10-17-6-8-29(13-18(17)11-22(21)31-2)24-19-9-15(3-4-20(19)27-14-28-24)16-5-7-26-23(25)12-16/h3-5,7,9-12,14H,6,8,13H2,1-2H3,(H2,25,26). The molecule has 7 nitrogen and oxygen atoms in total. The highest BCUT2D eigenvalue weighted by atomic mass is 16.5. The number of hydrogen-bond acceptors (Lipinski definition) is 7. The highest BCUT2D eigenvalue weighted by Gasteiger charge is 2.22. The van der Waals surface area contributed by atoms with Gasteiger partial charge in [-0.3, -0.25) is 0 Å². The van der Waals surface area contributed by atoms with Crippen LogP contribution in [0.15, 0.2) is 55.0 Å². The van der Waals surface area contributed by atoms with E-state index in [4.69, 9.17) is 15.2 Å². The molecular weight excluding hydrogens is 390 g/mol. The van der Waals surface area contributed by atoms with Gasteiger partial charge in [-0.25, -0.2) is 15.0 Å². The number of nitrogens with zero attached hydrogens (tertiary/aromatic N) is 4. The lowest BCUT2D eigenvalue weighted by molar-refractivity contribution is 0.353. The molecule has 31 heavy (non-hydrogen) atoms. The first-order chi connectivity index (χ1) is 15.2. The first-order valence-electron chi connectivity index (χ1n) is 10.1. The number of hydrogen-bond donors (Lipinski definition) is 1. The molecule has 1 aliphatic heterocycles. The van der Waals surface area contributed by atoms with Crippen molar-refractivity contribution < 1.29 is 9.47 Å². The highest BCUT2D eigenvalue weighted by Crippen LogP contribution is 2.36. The molecule has 4 aromatic rings. The van der Waals surface area contributed by atoms with Gasteiger partial charge in [0.05, 0.1) is 19.7 Å². The Balaban J connectivity index is 1.55. The van der Waals surface area contributed by atoms with Gasteiger partial charge in [0, 0.05) is 24.7 Å². The van der Waals surface area contributed by atoms with Crippen LogP contribution in [0.25, 0.3) is 22.0 Å². The Labute approximate surface area is 180 Å². The van der Waals surface area contributed by atoms with Crippen LogP contribution in [0.4, 0.5) is 11.6 Å². The summed E-state index contributed by atoms with van der Waals surface area (Å²) in [6.07, 6.45) is 4.26. The van der Waals surface area contributed by atoms with Gasteiger partial charge in [-0.15, -0.1) is 0 Å². The van der Waals surface area contributed by atoms with Gasteiger partial charge in [-0.1, -0.05) is 6.07 Å². The number of ether oxygens (including phenoxy) is 2. The van der Waals surface area contributed by atoms with Crippen molar-refractivity contribution in [1.82, 2.24) is 15.0 Å². The zero-order valence-corrected chi connectivity index (χ0v) is 17.5. The molecule has 1 aliphatic rings. The van der Waals surface area contributed by atoms with Gasteiger partial charge < -0.3 is 20.1 Å². The van der Waals surface area contributed by atoms with Crippen molar-refractivity contribution in [3.05, 3.63) is 66.1 Å². The lowest BCUT2D eigenvalue weighted by Gasteiger charge is -2.31. The number of rotatable bonds is 4. The third kappa shape index (κ3) is 3.48. The zero-order chi connectivity index (χ0) is 21.4. The zero-order valence-electron chi connectivity index (χ0n) is 17.5. The molecule has 0 radical (unpaired) electrons. The molecule has 156 valence electrons. The Hall–Kier alpha value is -3.87. The van der Waals surface area contributed by atoms with Gasteiger partial charge >= 0.3 is 0 Å². The Morgan fingerprint density at radius 1 is 0.871 bits per heavy atom. The predicted octanol–water partition coefficient (Wildman–Crippen LogP) is 3.85. The highest BCUT2D eigenvalue weighted by molar-refractivity contribution is 5.93. The fraction of sp³-hybridized carbons (Fsp3) is 0.208. The van der Waals surface area contributed by atoms with Gasteiger partial charge in [-0.2, -0.15) is 0 Å². The van der Waals surface area contributed by atoms with E-state index in [1.54, 1.807) is 26.7 Å². The van der Waals surface area contributed by atoms with E-state index in [0.29, 0.717) is 5.82 Å². The number of anilines is 2. The van der Waals surface area contributed by atoms with Crippen LogP contribution in [0.2, 0.25) is 0 Å². The molecule has 0 saturated carbocycles. The minimum Gasteiger partial charge on any atom is -0.493 e. The number of nitrogens with two attached hydrogens (primary N) is 1. The molecule has 0 aliphatic carbocycles. The van der Waals surface area contributed by atoms with Gasteiger partial charge in [0.1, 0.15) is 18.0 Å². The second-order valence-corrected chi connectivity index (χ2v) is 7.55. The van der Waals surface area contributed by atoms with Crippen LogP contribution in [0.3, 0.4) is 0 Å². The summed E-state index contributed by atoms with van der Waals surface area (Å²) < 4.78 is 11.0. The second kappa shape index (κ2) is 7.75. The average molecular weight is 413 g/mol. The van der Waals surface area contributed by atoms with Crippen LogP contribution < -0.4 is 20.1 Å². The van der Waals surface area contributed by atoms with E-state index in [1.807, 2.05) is 18.2 Å². The van der Waals surface area contributed by atoms with Crippen molar-refractivity contribution >= 4 is 22.5 Å². The normalized spacial score (nSPS) is 13.2. The topological polar surface area (TPSA) is 86.4 Å². The fourth-order valence-corrected chi connectivity index (χ4v) is 4.17. The molecule has 0 fully saturated rings. The van der Waals surface area contributed by atoms with E-state index in [9.17, 15) is 0 Å². The number of fused-ring (bicyclic) bond motifs is 2. The summed E-state index contributed by atoms with van der Waals surface area (Å²) in [5.74, 6) is 2.94. The third-order valence-corrected chi connectivity index (χ3v) is 5.75. The van der Waals surface area contributed by atoms with Crippen molar-refractivity contribution in [3.8, 4) is 22.6 Å². The summed E-state index contributed by atoms with van der Waals surface area (Å²) in [5.41, 5.74) is 11.4. The summed E-state index contributed by atoms with van der Waals surface area (Å²) in [5, 5.41) is 1.01. The van der Waals surface area contributed by atoms with Crippen LogP contribution in [-0.4, -0.2) is 35.7 Å². The molecule has 0 unspecified atom stereocenters. The summed E-state index contributed by atoms with van der Waals surface area (Å²) in [6, 6.07) is 14.2. The number of benzene rings is 2. The lowest BCUT2D eigenvalue weighted by Crippen LogP contribution is -2.31. The van der Waals surface area contributed by atoms with Crippen molar-refractivity contribution in [2.24, 2.45) is 0 Å². The number of nitrogen functional groups attached to an aromatic ring is 1. The molecule has 5 rings (SSSR count). The van der Waals surface area contributed by atoms with Crippen molar-refractivity contribution in [2.45, 2.75) is 13.0 Å². The fourth-order valence-electron chi connectivity index (χ4n) is 4.17. The molecule has 0 spiro atoms. The molecular formula is C24H23N5O2. The molecule has 3 heterocycles. The van der Waals surface area contributed by atoms with E-state index in [2.05, 4.69) is 44.1 Å². The van der Waals surface area contributed by atoms with Gasteiger partial charge in [-0.05, 0) is 65.1 Å². The van der Waals surface area contributed by atoms with Crippen molar-refractivity contribution in [2.75, 3.05) is 31.4 Å². The minimum atomic E-state index is 0.499. The van der Waals surface area contributed by atoms with E-state index in [1.165, 1.54) is 11.1 Å². The maximum absolute atomic E-state index is 5.88. The van der Waals surface area contributed by atoms with Crippen LogP contribution in [0, 0.1) is 0 Å². The molecule has 0 atom stereocenters. The molecule has 0 amide bonds. The summed E-state index contributed by atoms with van der Waals surface area (Å²) >= 11 is 0. The quantitative estimate of drug-likeness (QED) is 0.544. The Kier molecular flexibility index (Phi) is 4.78. The molecule has 0 saturated heterocycles. The minimum absolute atomic E-state index is 0.499. The summed E-state index contributed by atoms with van der Waals surface area (Å²) in [7, 11) is 3.33. The average Bonchev–Trinajstić information content (AvgIpc) is 2.82. The number of aromatic nitrogens is 3. The van der Waals surface area contributed by atoms with Crippen molar-refractivity contribution in [3.63, 3.8) is 0 Å². The van der Waals surface area contributed by atoms with Crippen LogP contribution >= 0.6 is 0 Å². The number of pyridine rings is 1. The monoisotopic (exact) mass is 413 g/mol. The predicted molar refractivity (Wildman–Crippen MR) is 121 cm³/mol. The first-order valence-corrected chi connectivity index (χ1v) is 10.1. The summed E-state index contributed by atoms with van der Waals surface area (Å²) in [6.45, 7) is 1.61. The van der Waals surface area contributed by atoms with E-state index in [-0.39, 0.29) is 0 Å². The maximum atomic E-state index is 5.88. The maximum Gasteiger partial charge on any atom is 0.161 e. The first kappa shape index (κ1) is 19.1. The van der Waals surface area contributed by atoms with Gasteiger partial charge in [0.15, 0.2) is 11.5 Å². The smallest absolute Gasteiger partial charge is 0.161 e. The Morgan fingerprint density at radius 2 is 1.65 bits per heavy atom. The summed E-state index contributed by atoms with van der Waals surface area (Å²) in [4.78, 5) is 15.5. The van der Waals surface area contributed by atoms with Gasteiger partial charge in [0.2, 0.25) is 0 Å². The van der Waals surface area contributed by atoms with E-state index < -0.39 is 0 Å². The second-order valence-electron chi connectivity index (χ2n) is 7.55. The third-order valence-electron chi connectivity index (χ3n) is 5.75. The molecule has 2 aromatic carbocycles. The molecule has 0 bridgehead atoms. The SMILES string of the molecule is COc1cc2c(cc1OC)CN(c1ncnc3ccc(-c4ccnc(N)c4)cc13)CC2. The molecule has 7 heteroatoms. The van der Waals surface area contributed by atoms with Gasteiger partial charge in [0.25, 0.3) is 0 Å².